The number of nitrogens with zero attached hydrogens (tertiary/aromatic N) is 2. The summed E-state index contributed by atoms with van der Waals surface area (Å²) in [5.41, 5.74) is 5.08. The van der Waals surface area contributed by atoms with Crippen LogP contribution in [0.15, 0.2) is 94.6 Å². The second-order valence-corrected chi connectivity index (χ2v) is 8.15. The lowest BCUT2D eigenvalue weighted by atomic mass is 9.94. The third-order valence-electron chi connectivity index (χ3n) is 5.27. The van der Waals surface area contributed by atoms with Crippen LogP contribution in [0.25, 0.3) is 11.0 Å². The molecule has 0 saturated heterocycles. The summed E-state index contributed by atoms with van der Waals surface area (Å²) in [6.45, 7) is 1.92. The predicted octanol–water partition coefficient (Wildman–Crippen LogP) is 5.73. The number of fused-ring (bicyclic) bond motifs is 3. The minimum absolute atomic E-state index is 0.139. The monoisotopic (exact) mass is 458 g/mol. The van der Waals surface area contributed by atoms with Crippen LogP contribution < -0.4 is 10.6 Å². The van der Waals surface area contributed by atoms with Crippen LogP contribution in [0.3, 0.4) is 0 Å². The Morgan fingerprint density at radius 2 is 1.80 bits per heavy atom. The number of aromatic nitrogens is 2. The van der Waals surface area contributed by atoms with Crippen molar-refractivity contribution in [1.29, 1.82) is 0 Å². The van der Waals surface area contributed by atoms with Crippen LogP contribution in [-0.4, -0.2) is 15.5 Å². The normalized spacial score (nSPS) is 15.6. The van der Waals surface area contributed by atoms with E-state index in [-0.39, 0.29) is 11.9 Å². The zero-order valence-electron chi connectivity index (χ0n) is 16.3. The van der Waals surface area contributed by atoms with Crippen molar-refractivity contribution in [2.75, 3.05) is 10.6 Å². The Kier molecular flexibility index (Phi) is 4.64. The summed E-state index contributed by atoms with van der Waals surface area (Å²) < 4.78 is 3.06. The summed E-state index contributed by atoms with van der Waals surface area (Å²) >= 11 is 3.58. The van der Waals surface area contributed by atoms with Crippen LogP contribution in [-0.2, 0) is 4.79 Å². The molecular formula is C24H19BrN4O. The fourth-order valence-electron chi connectivity index (χ4n) is 3.97. The first kappa shape index (κ1) is 18.6. The Morgan fingerprint density at radius 3 is 2.60 bits per heavy atom. The number of amides is 1. The predicted molar refractivity (Wildman–Crippen MR) is 123 cm³/mol. The molecule has 1 amide bonds. The van der Waals surface area contributed by atoms with Crippen LogP contribution in [0.4, 0.5) is 11.6 Å². The van der Waals surface area contributed by atoms with Gasteiger partial charge in [0.15, 0.2) is 0 Å². The van der Waals surface area contributed by atoms with Crippen LogP contribution >= 0.6 is 15.9 Å². The highest BCUT2D eigenvalue weighted by molar-refractivity contribution is 9.10. The van der Waals surface area contributed by atoms with Gasteiger partial charge in [-0.3, -0.25) is 9.36 Å². The molecule has 148 valence electrons. The Bertz CT molecular complexity index is 1290. The summed E-state index contributed by atoms with van der Waals surface area (Å²) in [6, 6.07) is 25.2. The van der Waals surface area contributed by atoms with Crippen LogP contribution in [0.5, 0.6) is 0 Å². The van der Waals surface area contributed by atoms with E-state index in [1.807, 2.05) is 79.7 Å². The number of hydrogen-bond acceptors (Lipinski definition) is 3. The van der Waals surface area contributed by atoms with Crippen LogP contribution in [0, 0.1) is 0 Å². The van der Waals surface area contributed by atoms with Gasteiger partial charge in [-0.1, -0.05) is 58.4 Å². The molecule has 2 N–H and O–H groups in total. The summed E-state index contributed by atoms with van der Waals surface area (Å²) in [5.74, 6) is 0.592. The molecule has 5 rings (SSSR count). The number of imidazole rings is 1. The number of carbonyl (C=O) groups excluding carboxylic acids is 1. The molecule has 0 fully saturated rings. The molecule has 5 nitrogen and oxygen atoms in total. The van der Waals surface area contributed by atoms with E-state index in [4.69, 9.17) is 4.98 Å². The minimum Gasteiger partial charge on any atom is -0.329 e. The second kappa shape index (κ2) is 7.46. The van der Waals surface area contributed by atoms with E-state index in [0.717, 1.165) is 38.4 Å². The van der Waals surface area contributed by atoms with E-state index in [0.29, 0.717) is 5.57 Å². The highest BCUT2D eigenvalue weighted by Gasteiger charge is 2.34. The van der Waals surface area contributed by atoms with Crippen molar-refractivity contribution in [2.45, 2.75) is 13.0 Å². The van der Waals surface area contributed by atoms with E-state index in [1.165, 1.54) is 0 Å². The number of hydrogen-bond donors (Lipinski definition) is 2. The lowest BCUT2D eigenvalue weighted by Crippen LogP contribution is -2.30. The third kappa shape index (κ3) is 3.19. The lowest BCUT2D eigenvalue weighted by Gasteiger charge is -2.30. The molecule has 0 saturated carbocycles. The molecule has 2 heterocycles. The second-order valence-electron chi connectivity index (χ2n) is 7.24. The van der Waals surface area contributed by atoms with Crippen molar-refractivity contribution in [1.82, 2.24) is 9.55 Å². The third-order valence-corrected chi connectivity index (χ3v) is 5.76. The molecule has 1 aliphatic heterocycles. The number of anilines is 2. The van der Waals surface area contributed by atoms with E-state index in [2.05, 4.69) is 37.2 Å². The number of rotatable bonds is 3. The van der Waals surface area contributed by atoms with Gasteiger partial charge in [0.05, 0.1) is 22.6 Å². The van der Waals surface area contributed by atoms with Crippen LogP contribution in [0.1, 0.15) is 18.5 Å². The number of nitrogens with one attached hydrogen (secondary N) is 2. The van der Waals surface area contributed by atoms with Gasteiger partial charge in [-0.15, -0.1) is 0 Å². The van der Waals surface area contributed by atoms with Crippen molar-refractivity contribution in [3.05, 3.63) is 100 Å². The Hall–Kier alpha value is -3.38. The SMILES string of the molecule is CC1=C(C(=O)Nc2ccccc2)C(c2cccc(Br)c2)n2c(nc3ccccc32)N1. The topological polar surface area (TPSA) is 59.0 Å². The number of halogens is 1. The van der Waals surface area contributed by atoms with Crippen molar-refractivity contribution in [3.63, 3.8) is 0 Å². The Balaban J connectivity index is 1.69. The van der Waals surface area contributed by atoms with Gasteiger partial charge in [0.25, 0.3) is 5.91 Å². The first-order valence-corrected chi connectivity index (χ1v) is 10.5. The minimum atomic E-state index is -0.310. The maximum Gasteiger partial charge on any atom is 0.255 e. The zero-order valence-corrected chi connectivity index (χ0v) is 17.8. The summed E-state index contributed by atoms with van der Waals surface area (Å²) in [5, 5.41) is 6.38. The van der Waals surface area contributed by atoms with Gasteiger partial charge in [0.2, 0.25) is 5.95 Å². The lowest BCUT2D eigenvalue weighted by molar-refractivity contribution is -0.113. The fourth-order valence-corrected chi connectivity index (χ4v) is 4.39. The van der Waals surface area contributed by atoms with Gasteiger partial charge < -0.3 is 10.6 Å². The molecule has 0 radical (unpaired) electrons. The first-order valence-electron chi connectivity index (χ1n) is 9.68. The van der Waals surface area contributed by atoms with Gasteiger partial charge in [0, 0.05) is 15.9 Å². The molecular weight excluding hydrogens is 440 g/mol. The molecule has 0 aliphatic carbocycles. The van der Waals surface area contributed by atoms with Gasteiger partial charge in [0.1, 0.15) is 0 Å². The number of benzene rings is 3. The molecule has 3 aromatic carbocycles. The molecule has 0 bridgehead atoms. The van der Waals surface area contributed by atoms with Gasteiger partial charge in [-0.2, -0.15) is 0 Å². The average Bonchev–Trinajstić information content (AvgIpc) is 3.11. The molecule has 1 aromatic heterocycles. The van der Waals surface area contributed by atoms with Crippen molar-refractivity contribution >= 4 is 44.5 Å². The molecule has 30 heavy (non-hydrogen) atoms. The van der Waals surface area contributed by atoms with Gasteiger partial charge in [-0.05, 0) is 48.9 Å². The maximum absolute atomic E-state index is 13.5. The van der Waals surface area contributed by atoms with Crippen LogP contribution in [0.2, 0.25) is 0 Å². The zero-order chi connectivity index (χ0) is 20.7. The summed E-state index contributed by atoms with van der Waals surface area (Å²) in [6.07, 6.45) is 0. The number of para-hydroxylation sites is 3. The number of allylic oxidation sites excluding steroid dienone is 1. The van der Waals surface area contributed by atoms with E-state index < -0.39 is 0 Å². The molecule has 4 aromatic rings. The molecule has 0 spiro atoms. The molecule has 1 atom stereocenters. The van der Waals surface area contributed by atoms with E-state index >= 15 is 0 Å². The smallest absolute Gasteiger partial charge is 0.255 e. The maximum atomic E-state index is 13.5. The number of carbonyl (C=O) groups is 1. The quantitative estimate of drug-likeness (QED) is 0.412. The Labute approximate surface area is 182 Å². The largest absolute Gasteiger partial charge is 0.329 e. The highest BCUT2D eigenvalue weighted by Crippen LogP contribution is 2.40. The van der Waals surface area contributed by atoms with Crippen molar-refractivity contribution in [3.8, 4) is 0 Å². The van der Waals surface area contributed by atoms with Gasteiger partial charge >= 0.3 is 0 Å². The molecule has 1 aliphatic rings. The summed E-state index contributed by atoms with van der Waals surface area (Å²) in [4.78, 5) is 18.2. The Morgan fingerprint density at radius 1 is 1.03 bits per heavy atom. The van der Waals surface area contributed by atoms with Gasteiger partial charge in [-0.25, -0.2) is 4.98 Å². The highest BCUT2D eigenvalue weighted by atomic mass is 79.9. The standard InChI is InChI=1S/C24H19BrN4O/c1-15-21(23(30)27-18-10-3-2-4-11-18)22(16-8-7-9-17(25)14-16)29-20-13-6-5-12-19(20)28-24(29)26-15/h2-14,22H,1H3,(H,26,28)(H,27,30). The average molecular weight is 459 g/mol. The fraction of sp³-hybridized carbons (Fsp3) is 0.0833. The van der Waals surface area contributed by atoms with E-state index in [1.54, 1.807) is 0 Å². The van der Waals surface area contributed by atoms with Crippen molar-refractivity contribution in [2.24, 2.45) is 0 Å². The molecule has 1 unspecified atom stereocenters. The van der Waals surface area contributed by atoms with Crippen molar-refractivity contribution < 1.29 is 4.79 Å². The molecule has 6 heteroatoms. The first-order chi connectivity index (χ1) is 14.6. The summed E-state index contributed by atoms with van der Waals surface area (Å²) in [7, 11) is 0. The van der Waals surface area contributed by atoms with E-state index in [9.17, 15) is 4.79 Å².